The van der Waals surface area contributed by atoms with Crippen molar-refractivity contribution in [3.63, 3.8) is 0 Å². The average Bonchev–Trinajstić information content (AvgIpc) is 3.11. The summed E-state index contributed by atoms with van der Waals surface area (Å²) >= 11 is 0. The molecule has 92 valence electrons. The van der Waals surface area contributed by atoms with Crippen LogP contribution in [0.1, 0.15) is 24.8 Å². The van der Waals surface area contributed by atoms with Gasteiger partial charge in [0.2, 0.25) is 0 Å². The van der Waals surface area contributed by atoms with E-state index in [9.17, 15) is 0 Å². The van der Waals surface area contributed by atoms with Crippen LogP contribution in [-0.4, -0.2) is 35.6 Å². The number of rotatable bonds is 5. The molecular weight excluding hydrogens is 210 g/mol. The van der Waals surface area contributed by atoms with Gasteiger partial charge in [-0.2, -0.15) is 0 Å². The lowest BCUT2D eigenvalue weighted by Crippen LogP contribution is -2.27. The molecule has 1 aromatic heterocycles. The molecule has 17 heavy (non-hydrogen) atoms. The third kappa shape index (κ3) is 3.05. The molecule has 0 aromatic carbocycles. The number of aromatic nitrogens is 1. The van der Waals surface area contributed by atoms with Crippen LogP contribution in [0.2, 0.25) is 0 Å². The van der Waals surface area contributed by atoms with Crippen molar-refractivity contribution in [2.75, 3.05) is 19.6 Å². The van der Waals surface area contributed by atoms with E-state index in [1.807, 2.05) is 18.5 Å². The van der Waals surface area contributed by atoms with Gasteiger partial charge in [-0.15, -0.1) is 0 Å². The minimum atomic E-state index is 0.854. The van der Waals surface area contributed by atoms with Crippen molar-refractivity contribution in [3.8, 4) is 0 Å². The van der Waals surface area contributed by atoms with Crippen LogP contribution >= 0.6 is 0 Å². The third-order valence-corrected chi connectivity index (χ3v) is 3.87. The number of hydrogen-bond donors (Lipinski definition) is 1. The highest BCUT2D eigenvalue weighted by molar-refractivity contribution is 5.07. The summed E-state index contributed by atoms with van der Waals surface area (Å²) in [4.78, 5) is 6.81. The first-order chi connectivity index (χ1) is 8.42. The predicted molar refractivity (Wildman–Crippen MR) is 68.6 cm³/mol. The minimum absolute atomic E-state index is 0.854. The minimum Gasteiger partial charge on any atom is -0.312 e. The molecule has 1 N–H and O–H groups in total. The molecule has 0 bridgehead atoms. The first kappa shape index (κ1) is 11.2. The van der Waals surface area contributed by atoms with E-state index in [4.69, 9.17) is 0 Å². The molecule has 3 heteroatoms. The summed E-state index contributed by atoms with van der Waals surface area (Å²) in [5.41, 5.74) is 1.28. The summed E-state index contributed by atoms with van der Waals surface area (Å²) < 4.78 is 0. The Balaban J connectivity index is 1.37. The highest BCUT2D eigenvalue weighted by Crippen LogP contribution is 2.31. The first-order valence-corrected chi connectivity index (χ1v) is 6.75. The summed E-state index contributed by atoms with van der Waals surface area (Å²) in [6.07, 6.45) is 8.02. The van der Waals surface area contributed by atoms with Crippen molar-refractivity contribution in [1.29, 1.82) is 0 Å². The maximum absolute atomic E-state index is 4.13. The molecule has 2 heterocycles. The van der Waals surface area contributed by atoms with Gasteiger partial charge >= 0.3 is 0 Å². The van der Waals surface area contributed by atoms with Gasteiger partial charge in [-0.25, -0.2) is 0 Å². The van der Waals surface area contributed by atoms with Crippen molar-refractivity contribution >= 4 is 0 Å². The van der Waals surface area contributed by atoms with Crippen LogP contribution in [0.25, 0.3) is 0 Å². The fourth-order valence-electron chi connectivity index (χ4n) is 2.72. The molecule has 3 rings (SSSR count). The lowest BCUT2D eigenvalue weighted by Gasteiger charge is -2.15. The predicted octanol–water partition coefficient (Wildman–Crippen LogP) is 1.66. The zero-order chi connectivity index (χ0) is 11.5. The molecule has 0 amide bonds. The van der Waals surface area contributed by atoms with Crippen LogP contribution < -0.4 is 5.32 Å². The van der Waals surface area contributed by atoms with Gasteiger partial charge in [0.1, 0.15) is 0 Å². The van der Waals surface area contributed by atoms with Gasteiger partial charge in [-0.1, -0.05) is 6.07 Å². The quantitative estimate of drug-likeness (QED) is 0.835. The highest BCUT2D eigenvalue weighted by Gasteiger charge is 2.33. The van der Waals surface area contributed by atoms with Crippen LogP contribution in [0, 0.1) is 5.92 Å². The Kier molecular flexibility index (Phi) is 3.39. The number of pyridine rings is 1. The Morgan fingerprint density at radius 3 is 3.06 bits per heavy atom. The molecule has 1 aromatic rings. The molecule has 1 aliphatic carbocycles. The van der Waals surface area contributed by atoms with Gasteiger partial charge in [0.15, 0.2) is 0 Å². The zero-order valence-corrected chi connectivity index (χ0v) is 10.3. The highest BCUT2D eigenvalue weighted by atomic mass is 15.2. The smallest absolute Gasteiger partial charge is 0.0312 e. The topological polar surface area (TPSA) is 28.2 Å². The van der Waals surface area contributed by atoms with Gasteiger partial charge in [0.05, 0.1) is 0 Å². The van der Waals surface area contributed by atoms with E-state index in [2.05, 4.69) is 21.3 Å². The van der Waals surface area contributed by atoms with Gasteiger partial charge in [-0.3, -0.25) is 4.98 Å². The molecule has 3 nitrogen and oxygen atoms in total. The Morgan fingerprint density at radius 2 is 2.29 bits per heavy atom. The van der Waals surface area contributed by atoms with Crippen LogP contribution in [0.15, 0.2) is 24.5 Å². The third-order valence-electron chi connectivity index (χ3n) is 3.87. The molecule has 1 aliphatic heterocycles. The van der Waals surface area contributed by atoms with E-state index >= 15 is 0 Å². The van der Waals surface area contributed by atoms with Crippen LogP contribution in [-0.2, 0) is 6.54 Å². The average molecular weight is 231 g/mol. The largest absolute Gasteiger partial charge is 0.312 e. The standard InChI is InChI=1S/C14H21N3/c1-2-12(8-15-6-1)9-16-10-13-5-7-17(11-13)14-3-4-14/h1-2,6,8,13-14,16H,3-5,7,9-11H2. The summed E-state index contributed by atoms with van der Waals surface area (Å²) in [5.74, 6) is 0.854. The fourth-order valence-corrected chi connectivity index (χ4v) is 2.72. The molecule has 1 unspecified atom stereocenters. The second-order valence-electron chi connectivity index (χ2n) is 5.37. The Labute approximate surface area is 103 Å². The zero-order valence-electron chi connectivity index (χ0n) is 10.3. The van der Waals surface area contributed by atoms with Gasteiger partial charge in [-0.05, 0) is 49.9 Å². The molecular formula is C14H21N3. The van der Waals surface area contributed by atoms with E-state index in [0.29, 0.717) is 0 Å². The second-order valence-corrected chi connectivity index (χ2v) is 5.37. The molecule has 0 spiro atoms. The normalized spacial score (nSPS) is 25.3. The maximum atomic E-state index is 4.13. The molecule has 1 saturated heterocycles. The number of nitrogens with one attached hydrogen (secondary N) is 1. The summed E-state index contributed by atoms with van der Waals surface area (Å²) in [6, 6.07) is 5.07. The van der Waals surface area contributed by atoms with Crippen LogP contribution in [0.3, 0.4) is 0 Å². The number of likely N-dealkylation sites (tertiary alicyclic amines) is 1. The van der Waals surface area contributed by atoms with Crippen molar-refractivity contribution in [2.24, 2.45) is 5.92 Å². The number of nitrogens with zero attached hydrogens (tertiary/aromatic N) is 2. The molecule has 2 aliphatic rings. The molecule has 1 saturated carbocycles. The fraction of sp³-hybridized carbons (Fsp3) is 0.643. The maximum Gasteiger partial charge on any atom is 0.0312 e. The van der Waals surface area contributed by atoms with Crippen molar-refractivity contribution in [1.82, 2.24) is 15.2 Å². The van der Waals surface area contributed by atoms with Gasteiger partial charge in [0.25, 0.3) is 0 Å². The van der Waals surface area contributed by atoms with E-state index in [0.717, 1.165) is 25.0 Å². The van der Waals surface area contributed by atoms with Gasteiger partial charge < -0.3 is 10.2 Å². The van der Waals surface area contributed by atoms with E-state index in [1.165, 1.54) is 37.9 Å². The second kappa shape index (κ2) is 5.15. The Bertz CT molecular complexity index is 348. The van der Waals surface area contributed by atoms with Crippen molar-refractivity contribution in [2.45, 2.75) is 31.8 Å². The van der Waals surface area contributed by atoms with E-state index in [1.54, 1.807) is 0 Å². The SMILES string of the molecule is c1cncc(CNCC2CCN(C3CC3)C2)c1. The molecule has 0 radical (unpaired) electrons. The van der Waals surface area contributed by atoms with Gasteiger partial charge in [0, 0.05) is 31.5 Å². The van der Waals surface area contributed by atoms with E-state index < -0.39 is 0 Å². The number of hydrogen-bond acceptors (Lipinski definition) is 3. The Morgan fingerprint density at radius 1 is 1.35 bits per heavy atom. The summed E-state index contributed by atoms with van der Waals surface area (Å²) in [5, 5.41) is 3.56. The summed E-state index contributed by atoms with van der Waals surface area (Å²) in [6.45, 7) is 4.74. The Hall–Kier alpha value is -0.930. The lowest BCUT2D eigenvalue weighted by molar-refractivity contribution is 0.312. The molecule has 1 atom stereocenters. The first-order valence-electron chi connectivity index (χ1n) is 6.75. The van der Waals surface area contributed by atoms with Crippen molar-refractivity contribution < 1.29 is 0 Å². The van der Waals surface area contributed by atoms with E-state index in [-0.39, 0.29) is 0 Å². The van der Waals surface area contributed by atoms with Crippen molar-refractivity contribution in [3.05, 3.63) is 30.1 Å². The monoisotopic (exact) mass is 231 g/mol. The lowest BCUT2D eigenvalue weighted by atomic mass is 10.1. The van der Waals surface area contributed by atoms with Crippen LogP contribution in [0.5, 0.6) is 0 Å². The summed E-state index contributed by atoms with van der Waals surface area (Å²) in [7, 11) is 0. The van der Waals surface area contributed by atoms with Crippen LogP contribution in [0.4, 0.5) is 0 Å². The molecule has 2 fully saturated rings.